The zero-order valence-corrected chi connectivity index (χ0v) is 12.6. The molecule has 1 atom stereocenters. The number of rotatable bonds is 2. The number of aryl methyl sites for hydroxylation is 1. The first-order valence-corrected chi connectivity index (χ1v) is 7.37. The van der Waals surface area contributed by atoms with Gasteiger partial charge in [-0.2, -0.15) is 0 Å². The number of imidazole rings is 1. The topological polar surface area (TPSA) is 46.6 Å². The summed E-state index contributed by atoms with van der Waals surface area (Å²) in [7, 11) is 0. The summed E-state index contributed by atoms with van der Waals surface area (Å²) in [6.07, 6.45) is 5.18. The van der Waals surface area contributed by atoms with Crippen molar-refractivity contribution in [3.8, 4) is 0 Å². The Hall–Kier alpha value is -1.39. The average molecular weight is 272 g/mol. The van der Waals surface area contributed by atoms with E-state index in [1.54, 1.807) is 0 Å². The summed E-state index contributed by atoms with van der Waals surface area (Å²) in [6, 6.07) is 4.50. The third-order valence-corrected chi connectivity index (χ3v) is 4.58. The molecule has 1 fully saturated rings. The number of piperidine rings is 1. The van der Waals surface area contributed by atoms with E-state index >= 15 is 0 Å². The van der Waals surface area contributed by atoms with Crippen LogP contribution in [-0.4, -0.2) is 33.4 Å². The van der Waals surface area contributed by atoms with Crippen LogP contribution < -0.4 is 5.73 Å². The molecule has 1 aliphatic heterocycles. The molecule has 0 aliphatic carbocycles. The molecule has 0 saturated carbocycles. The Labute approximate surface area is 120 Å². The molecule has 2 N–H and O–H groups in total. The smallest absolute Gasteiger partial charge is 0.139 e. The zero-order chi connectivity index (χ0) is 14.3. The van der Waals surface area contributed by atoms with Crippen LogP contribution in [0.5, 0.6) is 0 Å². The SMILES string of the molecule is Cc1cccn2c(CN3CCC(N)C(C)(C)C3)cnc12. The van der Waals surface area contributed by atoms with Gasteiger partial charge >= 0.3 is 0 Å². The normalized spacial score (nSPS) is 23.3. The molecule has 20 heavy (non-hydrogen) atoms. The predicted octanol–water partition coefficient (Wildman–Crippen LogP) is 2.20. The fraction of sp³-hybridized carbons (Fsp3) is 0.562. The van der Waals surface area contributed by atoms with Crippen LogP contribution in [0.25, 0.3) is 5.65 Å². The number of nitrogens with zero attached hydrogens (tertiary/aromatic N) is 3. The highest BCUT2D eigenvalue weighted by Crippen LogP contribution is 2.28. The summed E-state index contributed by atoms with van der Waals surface area (Å²) in [5.41, 5.74) is 9.95. The second-order valence-electron chi connectivity index (χ2n) is 6.73. The third-order valence-electron chi connectivity index (χ3n) is 4.58. The summed E-state index contributed by atoms with van der Waals surface area (Å²) in [4.78, 5) is 7.04. The molecule has 2 aromatic heterocycles. The van der Waals surface area contributed by atoms with Crippen molar-refractivity contribution in [2.45, 2.75) is 39.8 Å². The first kappa shape index (κ1) is 13.6. The van der Waals surface area contributed by atoms with Gasteiger partial charge in [-0.1, -0.05) is 19.9 Å². The number of hydrogen-bond donors (Lipinski definition) is 1. The van der Waals surface area contributed by atoms with Crippen LogP contribution >= 0.6 is 0 Å². The molecule has 3 rings (SSSR count). The van der Waals surface area contributed by atoms with Crippen molar-refractivity contribution in [2.24, 2.45) is 11.1 Å². The monoisotopic (exact) mass is 272 g/mol. The van der Waals surface area contributed by atoms with Crippen molar-refractivity contribution < 1.29 is 0 Å². The molecule has 0 spiro atoms. The van der Waals surface area contributed by atoms with Gasteiger partial charge in [-0.15, -0.1) is 0 Å². The molecule has 4 heteroatoms. The van der Waals surface area contributed by atoms with Crippen molar-refractivity contribution in [3.63, 3.8) is 0 Å². The van der Waals surface area contributed by atoms with Crippen molar-refractivity contribution in [1.82, 2.24) is 14.3 Å². The molecule has 0 aromatic carbocycles. The number of nitrogens with two attached hydrogens (primary N) is 1. The highest BCUT2D eigenvalue weighted by atomic mass is 15.2. The molecule has 1 unspecified atom stereocenters. The maximum atomic E-state index is 6.21. The number of likely N-dealkylation sites (tertiary alicyclic amines) is 1. The second kappa shape index (κ2) is 4.86. The Balaban J connectivity index is 1.82. The van der Waals surface area contributed by atoms with Gasteiger partial charge in [-0.25, -0.2) is 4.98 Å². The van der Waals surface area contributed by atoms with Gasteiger partial charge in [0.15, 0.2) is 0 Å². The van der Waals surface area contributed by atoms with Gasteiger partial charge in [0.2, 0.25) is 0 Å². The van der Waals surface area contributed by atoms with Crippen molar-refractivity contribution in [3.05, 3.63) is 35.8 Å². The Morgan fingerprint density at radius 1 is 1.45 bits per heavy atom. The molecule has 1 saturated heterocycles. The molecule has 0 bridgehead atoms. The van der Waals surface area contributed by atoms with Crippen molar-refractivity contribution in [1.29, 1.82) is 0 Å². The largest absolute Gasteiger partial charge is 0.327 e. The first-order valence-electron chi connectivity index (χ1n) is 7.37. The number of pyridine rings is 1. The molecule has 0 amide bonds. The van der Waals surface area contributed by atoms with Crippen molar-refractivity contribution in [2.75, 3.05) is 13.1 Å². The quantitative estimate of drug-likeness (QED) is 0.911. The molecule has 1 aliphatic rings. The van der Waals surface area contributed by atoms with E-state index in [-0.39, 0.29) is 5.41 Å². The Kier molecular flexibility index (Phi) is 3.30. The maximum absolute atomic E-state index is 6.21. The van der Waals surface area contributed by atoms with Crippen LogP contribution in [0, 0.1) is 12.3 Å². The van der Waals surface area contributed by atoms with E-state index in [1.165, 1.54) is 11.3 Å². The van der Waals surface area contributed by atoms with Crippen LogP contribution in [0.15, 0.2) is 24.5 Å². The standard InChI is InChI=1S/C16H24N4/c1-12-5-4-7-20-13(9-18-15(12)20)10-19-8-6-14(17)16(2,3)11-19/h4-5,7,9,14H,6,8,10-11,17H2,1-3H3. The molecule has 2 aromatic rings. The molecule has 0 radical (unpaired) electrons. The summed E-state index contributed by atoms with van der Waals surface area (Å²) in [5.74, 6) is 0. The van der Waals surface area contributed by atoms with E-state index < -0.39 is 0 Å². The van der Waals surface area contributed by atoms with Gasteiger partial charge in [0, 0.05) is 31.9 Å². The Morgan fingerprint density at radius 3 is 3.00 bits per heavy atom. The van der Waals surface area contributed by atoms with Gasteiger partial charge in [0.1, 0.15) is 5.65 Å². The Bertz CT molecular complexity index is 614. The highest BCUT2D eigenvalue weighted by molar-refractivity contribution is 5.48. The lowest BCUT2D eigenvalue weighted by Crippen LogP contribution is -2.52. The van der Waals surface area contributed by atoms with Gasteiger partial charge in [0.05, 0.1) is 11.9 Å². The van der Waals surface area contributed by atoms with Gasteiger partial charge < -0.3 is 10.1 Å². The average Bonchev–Trinajstić information content (AvgIpc) is 2.79. The van der Waals surface area contributed by atoms with Crippen LogP contribution in [0.3, 0.4) is 0 Å². The molecular weight excluding hydrogens is 248 g/mol. The minimum atomic E-state index is 0.189. The number of hydrogen-bond acceptors (Lipinski definition) is 3. The number of fused-ring (bicyclic) bond motifs is 1. The summed E-state index contributed by atoms with van der Waals surface area (Å²) in [5, 5.41) is 0. The second-order valence-corrected chi connectivity index (χ2v) is 6.73. The van der Waals surface area contributed by atoms with Crippen LogP contribution in [0.4, 0.5) is 0 Å². The minimum Gasteiger partial charge on any atom is -0.327 e. The highest BCUT2D eigenvalue weighted by Gasteiger charge is 2.33. The number of aromatic nitrogens is 2. The molecule has 4 nitrogen and oxygen atoms in total. The zero-order valence-electron chi connectivity index (χ0n) is 12.6. The van der Waals surface area contributed by atoms with E-state index in [9.17, 15) is 0 Å². The molecule has 3 heterocycles. The van der Waals surface area contributed by atoms with E-state index in [1.807, 2.05) is 6.20 Å². The molecule has 108 valence electrons. The predicted molar refractivity (Wildman–Crippen MR) is 81.6 cm³/mol. The molecular formula is C16H24N4. The van der Waals surface area contributed by atoms with Crippen LogP contribution in [0.1, 0.15) is 31.5 Å². The van der Waals surface area contributed by atoms with E-state index in [0.717, 1.165) is 31.7 Å². The van der Waals surface area contributed by atoms with Crippen LogP contribution in [-0.2, 0) is 6.54 Å². The van der Waals surface area contributed by atoms with E-state index in [4.69, 9.17) is 5.73 Å². The van der Waals surface area contributed by atoms with Gasteiger partial charge in [0.25, 0.3) is 0 Å². The lowest BCUT2D eigenvalue weighted by Gasteiger charge is -2.42. The van der Waals surface area contributed by atoms with Crippen molar-refractivity contribution >= 4 is 5.65 Å². The third kappa shape index (κ3) is 2.34. The Morgan fingerprint density at radius 2 is 2.25 bits per heavy atom. The van der Waals surface area contributed by atoms with Gasteiger partial charge in [-0.05, 0) is 30.4 Å². The van der Waals surface area contributed by atoms with Crippen LogP contribution in [0.2, 0.25) is 0 Å². The summed E-state index contributed by atoms with van der Waals surface area (Å²) >= 11 is 0. The summed E-state index contributed by atoms with van der Waals surface area (Å²) < 4.78 is 2.21. The minimum absolute atomic E-state index is 0.189. The van der Waals surface area contributed by atoms with E-state index in [0.29, 0.717) is 6.04 Å². The fourth-order valence-electron chi connectivity index (χ4n) is 3.17. The lowest BCUT2D eigenvalue weighted by molar-refractivity contribution is 0.0887. The lowest BCUT2D eigenvalue weighted by atomic mass is 9.80. The first-order chi connectivity index (χ1) is 9.47. The van der Waals surface area contributed by atoms with E-state index in [2.05, 4.69) is 53.4 Å². The summed E-state index contributed by atoms with van der Waals surface area (Å²) in [6.45, 7) is 9.71. The maximum Gasteiger partial charge on any atom is 0.139 e. The fourth-order valence-corrected chi connectivity index (χ4v) is 3.17. The van der Waals surface area contributed by atoms with Gasteiger partial charge in [-0.3, -0.25) is 4.90 Å².